The van der Waals surface area contributed by atoms with Crippen LogP contribution in [0.15, 0.2) is 18.2 Å². The number of benzene rings is 1. The fraction of sp³-hybridized carbons (Fsp3) is 0.696. The highest BCUT2D eigenvalue weighted by Crippen LogP contribution is 2.63. The molecule has 2 N–H and O–H groups in total. The SMILES string of the molecule is CCCC(=O)C[C@H]1C[C@]2(C)C(O)CC[C@H]2[C@@H]2CCc3cc(O)ccc3[C@@H]12. The van der Waals surface area contributed by atoms with Crippen molar-refractivity contribution in [3.8, 4) is 5.75 Å². The summed E-state index contributed by atoms with van der Waals surface area (Å²) >= 11 is 0. The molecule has 0 amide bonds. The van der Waals surface area contributed by atoms with Gasteiger partial charge in [-0.3, -0.25) is 4.79 Å². The smallest absolute Gasteiger partial charge is 0.133 e. The number of rotatable bonds is 4. The van der Waals surface area contributed by atoms with Gasteiger partial charge in [-0.15, -0.1) is 0 Å². The Hall–Kier alpha value is -1.35. The van der Waals surface area contributed by atoms with Crippen molar-refractivity contribution in [1.29, 1.82) is 0 Å². The fourth-order valence-electron chi connectivity index (χ4n) is 6.72. The number of aliphatic hydroxyl groups excluding tert-OH is 1. The number of hydrogen-bond acceptors (Lipinski definition) is 3. The zero-order valence-corrected chi connectivity index (χ0v) is 16.1. The minimum absolute atomic E-state index is 0.0350. The summed E-state index contributed by atoms with van der Waals surface area (Å²) in [6.07, 6.45) is 7.09. The van der Waals surface area contributed by atoms with E-state index < -0.39 is 0 Å². The number of carbonyl (C=O) groups is 1. The zero-order valence-electron chi connectivity index (χ0n) is 16.1. The summed E-state index contributed by atoms with van der Waals surface area (Å²) in [7, 11) is 0. The Kier molecular flexibility index (Phi) is 4.63. The van der Waals surface area contributed by atoms with Crippen molar-refractivity contribution in [3.05, 3.63) is 29.3 Å². The lowest BCUT2D eigenvalue weighted by Gasteiger charge is -2.53. The fourth-order valence-corrected chi connectivity index (χ4v) is 6.72. The minimum Gasteiger partial charge on any atom is -0.508 e. The molecule has 2 fully saturated rings. The van der Waals surface area contributed by atoms with Crippen LogP contribution in [-0.4, -0.2) is 22.1 Å². The average molecular weight is 357 g/mol. The molecule has 0 radical (unpaired) electrons. The van der Waals surface area contributed by atoms with Crippen molar-refractivity contribution in [2.75, 3.05) is 0 Å². The molecule has 3 nitrogen and oxygen atoms in total. The molecule has 0 aliphatic heterocycles. The second-order valence-electron chi connectivity index (χ2n) is 9.27. The van der Waals surface area contributed by atoms with Crippen LogP contribution in [0.2, 0.25) is 0 Å². The van der Waals surface area contributed by atoms with E-state index in [0.29, 0.717) is 48.0 Å². The minimum atomic E-state index is -0.224. The first-order valence-corrected chi connectivity index (χ1v) is 10.5. The van der Waals surface area contributed by atoms with Crippen molar-refractivity contribution in [2.45, 2.75) is 77.2 Å². The highest BCUT2D eigenvalue weighted by atomic mass is 16.3. The summed E-state index contributed by atoms with van der Waals surface area (Å²) in [6.45, 7) is 4.34. The van der Waals surface area contributed by atoms with Gasteiger partial charge in [0.25, 0.3) is 0 Å². The molecule has 0 bridgehead atoms. The van der Waals surface area contributed by atoms with Gasteiger partial charge in [-0.1, -0.05) is 19.9 Å². The van der Waals surface area contributed by atoms with E-state index in [9.17, 15) is 15.0 Å². The Balaban J connectivity index is 1.73. The summed E-state index contributed by atoms with van der Waals surface area (Å²) in [5, 5.41) is 20.6. The Labute approximate surface area is 156 Å². The molecule has 1 aromatic carbocycles. The van der Waals surface area contributed by atoms with Gasteiger partial charge in [-0.25, -0.2) is 0 Å². The van der Waals surface area contributed by atoms with Crippen LogP contribution in [0.25, 0.3) is 0 Å². The molecule has 0 saturated heterocycles. The molecule has 1 aromatic rings. The van der Waals surface area contributed by atoms with Crippen LogP contribution in [0.3, 0.4) is 0 Å². The summed E-state index contributed by atoms with van der Waals surface area (Å²) in [5.74, 6) is 2.55. The Morgan fingerprint density at radius 3 is 2.85 bits per heavy atom. The standard InChI is InChI=1S/C23H32O3/c1-3-4-16(24)12-15-13-23(2)20(9-10-21(23)26)19-7-5-14-11-17(25)6-8-18(14)22(15)19/h6,8,11,15,19-22,25-26H,3-5,7,9-10,12-13H2,1-2H3/t15-,19-,20-,21?,22+,23-/m0/s1. The zero-order chi connectivity index (χ0) is 18.5. The summed E-state index contributed by atoms with van der Waals surface area (Å²) in [5.41, 5.74) is 2.59. The lowest BCUT2D eigenvalue weighted by molar-refractivity contribution is -0.122. The first kappa shape index (κ1) is 18.0. The lowest BCUT2D eigenvalue weighted by Crippen LogP contribution is -2.48. The number of carbonyl (C=O) groups excluding carboxylic acids is 1. The van der Waals surface area contributed by atoms with Crippen LogP contribution in [0.4, 0.5) is 0 Å². The average Bonchev–Trinajstić information content (AvgIpc) is 2.89. The molecular weight excluding hydrogens is 324 g/mol. The molecule has 4 rings (SSSR count). The second kappa shape index (κ2) is 6.67. The van der Waals surface area contributed by atoms with Crippen LogP contribution in [-0.2, 0) is 11.2 Å². The number of ketones is 1. The third-order valence-corrected chi connectivity index (χ3v) is 7.80. The van der Waals surface area contributed by atoms with E-state index in [0.717, 1.165) is 38.5 Å². The number of Topliss-reactive ketones (excluding diaryl/α,β-unsaturated/α-hetero) is 1. The Morgan fingerprint density at radius 2 is 2.08 bits per heavy atom. The van der Waals surface area contributed by atoms with Crippen molar-refractivity contribution in [3.63, 3.8) is 0 Å². The molecule has 26 heavy (non-hydrogen) atoms. The van der Waals surface area contributed by atoms with Crippen molar-refractivity contribution < 1.29 is 15.0 Å². The van der Waals surface area contributed by atoms with Gasteiger partial charge >= 0.3 is 0 Å². The largest absolute Gasteiger partial charge is 0.508 e. The second-order valence-corrected chi connectivity index (χ2v) is 9.27. The van der Waals surface area contributed by atoms with Crippen LogP contribution in [0.5, 0.6) is 5.75 Å². The summed E-state index contributed by atoms with van der Waals surface area (Å²) in [6, 6.07) is 5.84. The highest BCUT2D eigenvalue weighted by Gasteiger charge is 2.57. The molecule has 3 aliphatic rings. The van der Waals surface area contributed by atoms with Crippen molar-refractivity contribution in [1.82, 2.24) is 0 Å². The molecule has 1 unspecified atom stereocenters. The summed E-state index contributed by atoms with van der Waals surface area (Å²) < 4.78 is 0. The summed E-state index contributed by atoms with van der Waals surface area (Å²) in [4.78, 5) is 12.5. The first-order chi connectivity index (χ1) is 12.4. The normalized spacial score (nSPS) is 38.3. The van der Waals surface area contributed by atoms with Gasteiger partial charge in [0, 0.05) is 12.8 Å². The molecule has 0 spiro atoms. The van der Waals surface area contributed by atoms with E-state index in [2.05, 4.69) is 19.9 Å². The molecule has 142 valence electrons. The number of fused-ring (bicyclic) bond motifs is 5. The van der Waals surface area contributed by atoms with Gasteiger partial charge in [0.15, 0.2) is 0 Å². The number of aryl methyl sites for hydroxylation is 1. The molecule has 0 aromatic heterocycles. The third kappa shape index (κ3) is 2.79. The number of phenolic OH excluding ortho intramolecular Hbond substituents is 1. The number of phenols is 1. The maximum atomic E-state index is 12.5. The highest BCUT2D eigenvalue weighted by molar-refractivity contribution is 5.78. The quantitative estimate of drug-likeness (QED) is 0.829. The molecule has 0 heterocycles. The first-order valence-electron chi connectivity index (χ1n) is 10.5. The van der Waals surface area contributed by atoms with E-state index in [1.54, 1.807) is 0 Å². The Bertz CT molecular complexity index is 697. The maximum Gasteiger partial charge on any atom is 0.133 e. The molecular formula is C23H32O3. The third-order valence-electron chi connectivity index (χ3n) is 7.80. The topological polar surface area (TPSA) is 57.5 Å². The van der Waals surface area contributed by atoms with Gasteiger partial charge in [0.05, 0.1) is 6.10 Å². The Morgan fingerprint density at radius 1 is 1.27 bits per heavy atom. The van der Waals surface area contributed by atoms with Gasteiger partial charge in [-0.2, -0.15) is 0 Å². The number of aliphatic hydroxyl groups is 1. The number of hydrogen-bond donors (Lipinski definition) is 2. The monoisotopic (exact) mass is 356 g/mol. The maximum absolute atomic E-state index is 12.5. The molecule has 2 saturated carbocycles. The molecule has 3 heteroatoms. The van der Waals surface area contributed by atoms with Crippen LogP contribution in [0, 0.1) is 23.2 Å². The van der Waals surface area contributed by atoms with E-state index >= 15 is 0 Å². The van der Waals surface area contributed by atoms with E-state index in [1.807, 2.05) is 12.1 Å². The lowest BCUT2D eigenvalue weighted by atomic mass is 9.51. The van der Waals surface area contributed by atoms with E-state index in [4.69, 9.17) is 0 Å². The van der Waals surface area contributed by atoms with E-state index in [-0.39, 0.29) is 11.5 Å². The van der Waals surface area contributed by atoms with Crippen molar-refractivity contribution >= 4 is 5.78 Å². The van der Waals surface area contributed by atoms with Crippen molar-refractivity contribution in [2.24, 2.45) is 23.2 Å². The van der Waals surface area contributed by atoms with E-state index in [1.165, 1.54) is 11.1 Å². The molecule has 3 aliphatic carbocycles. The van der Waals surface area contributed by atoms with Gasteiger partial charge in [0.1, 0.15) is 11.5 Å². The van der Waals surface area contributed by atoms with Crippen LogP contribution >= 0.6 is 0 Å². The number of aromatic hydroxyl groups is 1. The molecule has 6 atom stereocenters. The van der Waals surface area contributed by atoms with Crippen LogP contribution in [0.1, 0.15) is 75.8 Å². The predicted octanol–water partition coefficient (Wildman–Crippen LogP) is 4.59. The van der Waals surface area contributed by atoms with Gasteiger partial charge in [-0.05, 0) is 90.9 Å². The van der Waals surface area contributed by atoms with Gasteiger partial charge < -0.3 is 10.2 Å². The van der Waals surface area contributed by atoms with Crippen LogP contribution < -0.4 is 0 Å². The predicted molar refractivity (Wildman–Crippen MR) is 102 cm³/mol. The van der Waals surface area contributed by atoms with Gasteiger partial charge in [0.2, 0.25) is 0 Å².